The van der Waals surface area contributed by atoms with Crippen LogP contribution < -0.4 is 0 Å². The number of rotatable bonds is 2. The Morgan fingerprint density at radius 3 is 2.72 bits per heavy atom. The number of aromatic nitrogens is 1. The van der Waals surface area contributed by atoms with Crippen molar-refractivity contribution in [1.29, 1.82) is 0 Å². The highest BCUT2D eigenvalue weighted by Crippen LogP contribution is 2.36. The molecule has 98 valence electrons. The van der Waals surface area contributed by atoms with Gasteiger partial charge in [-0.15, -0.1) is 0 Å². The van der Waals surface area contributed by atoms with E-state index in [1.54, 1.807) is 0 Å². The number of hydrogen-bond acceptors (Lipinski definition) is 3. The van der Waals surface area contributed by atoms with Crippen LogP contribution in [0.2, 0.25) is 0 Å². The fourth-order valence-electron chi connectivity index (χ4n) is 2.62. The van der Waals surface area contributed by atoms with Crippen LogP contribution in [-0.2, 0) is 22.5 Å². The van der Waals surface area contributed by atoms with E-state index in [-0.39, 0.29) is 23.7 Å². The van der Waals surface area contributed by atoms with Gasteiger partial charge in [0.05, 0.1) is 7.11 Å². The summed E-state index contributed by atoms with van der Waals surface area (Å²) in [6, 6.07) is 1.88. The SMILES string of the molecule is COC(=O)Cn1c(C)cc2c1CC(C)(C)CC2=O. The number of methoxy groups -OCH3 is 1. The summed E-state index contributed by atoms with van der Waals surface area (Å²) >= 11 is 0. The highest BCUT2D eigenvalue weighted by molar-refractivity contribution is 5.99. The molecule has 0 N–H and O–H groups in total. The fourth-order valence-corrected chi connectivity index (χ4v) is 2.62. The van der Waals surface area contributed by atoms with E-state index >= 15 is 0 Å². The maximum absolute atomic E-state index is 12.1. The normalized spacial score (nSPS) is 17.4. The van der Waals surface area contributed by atoms with Crippen LogP contribution in [0.15, 0.2) is 6.07 Å². The first kappa shape index (κ1) is 12.9. The van der Waals surface area contributed by atoms with Crippen LogP contribution in [0.25, 0.3) is 0 Å². The van der Waals surface area contributed by atoms with Gasteiger partial charge in [-0.1, -0.05) is 13.8 Å². The summed E-state index contributed by atoms with van der Waals surface area (Å²) in [6.45, 7) is 6.26. The molecule has 0 saturated carbocycles. The molecule has 2 rings (SSSR count). The molecule has 4 heteroatoms. The van der Waals surface area contributed by atoms with E-state index in [0.29, 0.717) is 6.42 Å². The zero-order chi connectivity index (χ0) is 13.5. The number of carbonyl (C=O) groups is 2. The number of nitrogens with zero attached hydrogens (tertiary/aromatic N) is 1. The van der Waals surface area contributed by atoms with E-state index < -0.39 is 0 Å². The van der Waals surface area contributed by atoms with Crippen molar-refractivity contribution in [2.75, 3.05) is 7.11 Å². The third-order valence-corrected chi connectivity index (χ3v) is 3.52. The lowest BCUT2D eigenvalue weighted by atomic mass is 9.76. The van der Waals surface area contributed by atoms with Gasteiger partial charge in [-0.05, 0) is 24.8 Å². The van der Waals surface area contributed by atoms with Crippen LogP contribution >= 0.6 is 0 Å². The average molecular weight is 249 g/mol. The standard InChI is InChI=1S/C14H19NO3/c1-9-5-10-11(15(9)8-13(17)18-4)6-14(2,3)7-12(10)16/h5H,6-8H2,1-4H3. The minimum Gasteiger partial charge on any atom is -0.468 e. The van der Waals surface area contributed by atoms with Gasteiger partial charge in [0.25, 0.3) is 0 Å². The molecule has 0 saturated heterocycles. The van der Waals surface area contributed by atoms with E-state index in [0.717, 1.165) is 23.4 Å². The zero-order valence-corrected chi connectivity index (χ0v) is 11.4. The smallest absolute Gasteiger partial charge is 0.325 e. The molecule has 0 aliphatic heterocycles. The van der Waals surface area contributed by atoms with Crippen molar-refractivity contribution in [2.45, 2.75) is 40.2 Å². The second-order valence-electron chi connectivity index (χ2n) is 5.75. The summed E-state index contributed by atoms with van der Waals surface area (Å²) in [5.74, 6) is -0.111. The van der Waals surface area contributed by atoms with Crippen molar-refractivity contribution in [3.05, 3.63) is 23.0 Å². The van der Waals surface area contributed by atoms with E-state index in [1.807, 2.05) is 17.6 Å². The van der Waals surface area contributed by atoms with Gasteiger partial charge in [0.1, 0.15) is 6.54 Å². The van der Waals surface area contributed by atoms with E-state index in [2.05, 4.69) is 13.8 Å². The Labute approximate surface area is 107 Å². The Hall–Kier alpha value is -1.58. The number of hydrogen-bond donors (Lipinski definition) is 0. The first-order valence-electron chi connectivity index (χ1n) is 6.13. The van der Waals surface area contributed by atoms with Crippen molar-refractivity contribution in [1.82, 2.24) is 4.57 Å². The first-order chi connectivity index (χ1) is 8.34. The second kappa shape index (κ2) is 4.26. The van der Waals surface area contributed by atoms with E-state index in [9.17, 15) is 9.59 Å². The number of ether oxygens (including phenoxy) is 1. The Bertz CT molecular complexity index is 511. The van der Waals surface area contributed by atoms with Gasteiger partial charge in [0.15, 0.2) is 5.78 Å². The second-order valence-corrected chi connectivity index (χ2v) is 5.75. The number of aryl methyl sites for hydroxylation is 1. The molecule has 0 amide bonds. The largest absolute Gasteiger partial charge is 0.468 e. The molecular formula is C14H19NO3. The highest BCUT2D eigenvalue weighted by Gasteiger charge is 2.34. The molecule has 0 fully saturated rings. The predicted molar refractivity (Wildman–Crippen MR) is 67.6 cm³/mol. The minimum atomic E-state index is -0.285. The zero-order valence-electron chi connectivity index (χ0n) is 11.4. The average Bonchev–Trinajstić information content (AvgIpc) is 2.55. The Kier molecular flexibility index (Phi) is 3.05. The van der Waals surface area contributed by atoms with Crippen LogP contribution in [-0.4, -0.2) is 23.4 Å². The van der Waals surface area contributed by atoms with Crippen molar-refractivity contribution >= 4 is 11.8 Å². The maximum Gasteiger partial charge on any atom is 0.325 e. The molecule has 4 nitrogen and oxygen atoms in total. The van der Waals surface area contributed by atoms with Crippen LogP contribution in [0.5, 0.6) is 0 Å². The Balaban J connectivity index is 2.44. The maximum atomic E-state index is 12.1. The monoisotopic (exact) mass is 249 g/mol. The van der Waals surface area contributed by atoms with Crippen LogP contribution in [0.3, 0.4) is 0 Å². The van der Waals surface area contributed by atoms with E-state index in [4.69, 9.17) is 4.74 Å². The van der Waals surface area contributed by atoms with Crippen molar-refractivity contribution in [3.8, 4) is 0 Å². The molecule has 1 heterocycles. The number of esters is 1. The number of ketones is 1. The minimum absolute atomic E-state index is 0.0389. The van der Waals surface area contributed by atoms with Gasteiger partial charge in [-0.25, -0.2) is 0 Å². The molecular weight excluding hydrogens is 230 g/mol. The third kappa shape index (κ3) is 2.19. The lowest BCUT2D eigenvalue weighted by molar-refractivity contribution is -0.141. The van der Waals surface area contributed by atoms with Gasteiger partial charge in [0, 0.05) is 23.4 Å². The summed E-state index contributed by atoms with van der Waals surface area (Å²) in [7, 11) is 1.38. The van der Waals surface area contributed by atoms with Crippen LogP contribution in [0, 0.1) is 12.3 Å². The highest BCUT2D eigenvalue weighted by atomic mass is 16.5. The molecule has 0 atom stereocenters. The molecule has 0 spiro atoms. The quantitative estimate of drug-likeness (QED) is 0.754. The van der Waals surface area contributed by atoms with Crippen molar-refractivity contribution in [2.24, 2.45) is 5.41 Å². The fraction of sp³-hybridized carbons (Fsp3) is 0.571. The number of fused-ring (bicyclic) bond motifs is 1. The van der Waals surface area contributed by atoms with Gasteiger partial charge in [-0.3, -0.25) is 9.59 Å². The van der Waals surface area contributed by atoms with Gasteiger partial charge in [-0.2, -0.15) is 0 Å². The Morgan fingerprint density at radius 1 is 1.44 bits per heavy atom. The van der Waals surface area contributed by atoms with Gasteiger partial charge >= 0.3 is 5.97 Å². The molecule has 1 aliphatic rings. The van der Waals surface area contributed by atoms with Gasteiger partial charge < -0.3 is 9.30 Å². The van der Waals surface area contributed by atoms with Crippen LogP contribution in [0.1, 0.15) is 42.0 Å². The number of Topliss-reactive ketones (excluding diaryl/α,β-unsaturated/α-hetero) is 1. The van der Waals surface area contributed by atoms with Gasteiger partial charge in [0.2, 0.25) is 0 Å². The summed E-state index contributed by atoms with van der Waals surface area (Å²) in [6.07, 6.45) is 1.39. The summed E-state index contributed by atoms with van der Waals surface area (Å²) in [4.78, 5) is 23.5. The topological polar surface area (TPSA) is 48.3 Å². The van der Waals surface area contributed by atoms with Crippen molar-refractivity contribution < 1.29 is 14.3 Å². The Morgan fingerprint density at radius 2 is 2.11 bits per heavy atom. The summed E-state index contributed by atoms with van der Waals surface area (Å²) in [5.41, 5.74) is 2.65. The predicted octanol–water partition coefficient (Wildman–Crippen LogP) is 2.12. The molecule has 0 unspecified atom stereocenters. The summed E-state index contributed by atoms with van der Waals surface area (Å²) in [5, 5.41) is 0. The summed E-state index contributed by atoms with van der Waals surface area (Å²) < 4.78 is 6.61. The van der Waals surface area contributed by atoms with E-state index in [1.165, 1.54) is 7.11 Å². The molecule has 0 radical (unpaired) electrons. The van der Waals surface area contributed by atoms with Crippen LogP contribution in [0.4, 0.5) is 0 Å². The molecule has 0 bridgehead atoms. The molecule has 1 aromatic heterocycles. The molecule has 0 aromatic carbocycles. The van der Waals surface area contributed by atoms with Crippen molar-refractivity contribution in [3.63, 3.8) is 0 Å². The lowest BCUT2D eigenvalue weighted by Crippen LogP contribution is -2.29. The molecule has 1 aromatic rings. The third-order valence-electron chi connectivity index (χ3n) is 3.52. The molecule has 18 heavy (non-hydrogen) atoms. The first-order valence-corrected chi connectivity index (χ1v) is 6.13. The molecule has 1 aliphatic carbocycles. The lowest BCUT2D eigenvalue weighted by Gasteiger charge is -2.29. The number of carbonyl (C=O) groups excluding carboxylic acids is 2.